The molecule has 0 aliphatic carbocycles. The lowest BCUT2D eigenvalue weighted by molar-refractivity contribution is -0.139. The van der Waals surface area contributed by atoms with Crippen molar-refractivity contribution in [1.29, 1.82) is 0 Å². The number of nitrogens with one attached hydrogen (secondary N) is 1. The highest BCUT2D eigenvalue weighted by molar-refractivity contribution is 5.98. The Kier molecular flexibility index (Phi) is 4.61. The molecule has 0 saturated heterocycles. The van der Waals surface area contributed by atoms with Crippen LogP contribution in [0.2, 0.25) is 0 Å². The number of aliphatic hydroxyl groups is 1. The Labute approximate surface area is 102 Å². The normalized spacial score (nSPS) is 11.9. The molecule has 7 heteroatoms. The van der Waals surface area contributed by atoms with Gasteiger partial charge in [-0.25, -0.2) is 9.18 Å². The minimum absolute atomic E-state index is 0.164. The molecule has 0 spiro atoms. The lowest BCUT2D eigenvalue weighted by Crippen LogP contribution is -2.41. The van der Waals surface area contributed by atoms with Crippen LogP contribution in [0, 0.1) is 5.82 Å². The smallest absolute Gasteiger partial charge is 0.326 e. The van der Waals surface area contributed by atoms with Crippen LogP contribution in [0.3, 0.4) is 0 Å². The minimum Gasteiger partial charge on any atom is -0.507 e. The number of benzene rings is 1. The van der Waals surface area contributed by atoms with Gasteiger partial charge < -0.3 is 20.6 Å². The summed E-state index contributed by atoms with van der Waals surface area (Å²) in [6.45, 7) is -0.410. The Morgan fingerprint density at radius 2 is 2.06 bits per heavy atom. The molecular weight excluding hydrogens is 245 g/mol. The Hall–Kier alpha value is -2.15. The van der Waals surface area contributed by atoms with Crippen molar-refractivity contribution in [2.24, 2.45) is 0 Å². The second-order valence-electron chi connectivity index (χ2n) is 3.54. The number of carboxylic acids is 1. The standard InChI is InChI=1S/C11H12FNO5/c12-6-1-2-7(9(15)5-6)10(16)13-8(3-4-14)11(17)18/h1-2,5,8,14-15H,3-4H2,(H,13,16)(H,17,18). The molecule has 0 heterocycles. The largest absolute Gasteiger partial charge is 0.507 e. The van der Waals surface area contributed by atoms with Crippen LogP contribution >= 0.6 is 0 Å². The number of rotatable bonds is 5. The number of carboxylic acid groups (broad SMARTS) is 1. The molecule has 1 aromatic carbocycles. The SMILES string of the molecule is O=C(NC(CCO)C(=O)O)c1ccc(F)cc1O. The van der Waals surface area contributed by atoms with E-state index < -0.39 is 36.1 Å². The van der Waals surface area contributed by atoms with E-state index in [9.17, 15) is 19.1 Å². The van der Waals surface area contributed by atoms with E-state index >= 15 is 0 Å². The molecule has 0 aliphatic rings. The van der Waals surface area contributed by atoms with E-state index in [2.05, 4.69) is 5.32 Å². The number of hydrogen-bond acceptors (Lipinski definition) is 4. The van der Waals surface area contributed by atoms with E-state index in [-0.39, 0.29) is 12.0 Å². The van der Waals surface area contributed by atoms with Crippen LogP contribution in [0.4, 0.5) is 4.39 Å². The average molecular weight is 257 g/mol. The van der Waals surface area contributed by atoms with Gasteiger partial charge in [-0.3, -0.25) is 4.79 Å². The van der Waals surface area contributed by atoms with Gasteiger partial charge in [-0.1, -0.05) is 0 Å². The van der Waals surface area contributed by atoms with Crippen molar-refractivity contribution >= 4 is 11.9 Å². The van der Waals surface area contributed by atoms with Crippen molar-refractivity contribution < 1.29 is 29.3 Å². The first-order valence-corrected chi connectivity index (χ1v) is 5.08. The fourth-order valence-corrected chi connectivity index (χ4v) is 1.32. The Balaban J connectivity index is 2.83. The summed E-state index contributed by atoms with van der Waals surface area (Å²) in [5.41, 5.74) is -0.236. The van der Waals surface area contributed by atoms with Crippen molar-refractivity contribution in [2.45, 2.75) is 12.5 Å². The molecule has 1 aromatic rings. The number of aliphatic carboxylic acids is 1. The number of phenols is 1. The molecule has 18 heavy (non-hydrogen) atoms. The van der Waals surface area contributed by atoms with E-state index in [1.165, 1.54) is 0 Å². The second-order valence-corrected chi connectivity index (χ2v) is 3.54. The van der Waals surface area contributed by atoms with Crippen molar-refractivity contribution in [3.8, 4) is 5.75 Å². The number of amides is 1. The second kappa shape index (κ2) is 5.97. The number of carbonyl (C=O) groups excluding carboxylic acids is 1. The summed E-state index contributed by atoms with van der Waals surface area (Å²) in [6, 6.07) is 1.48. The lowest BCUT2D eigenvalue weighted by atomic mass is 10.1. The third-order valence-electron chi connectivity index (χ3n) is 2.23. The Morgan fingerprint density at radius 1 is 1.39 bits per heavy atom. The highest BCUT2D eigenvalue weighted by atomic mass is 19.1. The average Bonchev–Trinajstić information content (AvgIpc) is 2.27. The van der Waals surface area contributed by atoms with Crippen molar-refractivity contribution in [2.75, 3.05) is 6.61 Å². The van der Waals surface area contributed by atoms with E-state index in [0.717, 1.165) is 18.2 Å². The summed E-state index contributed by atoms with van der Waals surface area (Å²) in [5, 5.41) is 28.9. The number of aromatic hydroxyl groups is 1. The molecule has 4 N–H and O–H groups in total. The number of aliphatic hydroxyl groups excluding tert-OH is 1. The van der Waals surface area contributed by atoms with E-state index in [0.29, 0.717) is 0 Å². The molecule has 1 rings (SSSR count). The van der Waals surface area contributed by atoms with Crippen LogP contribution in [0.5, 0.6) is 5.75 Å². The van der Waals surface area contributed by atoms with Gasteiger partial charge in [-0.15, -0.1) is 0 Å². The minimum atomic E-state index is -1.31. The first kappa shape index (κ1) is 13.9. The van der Waals surface area contributed by atoms with Gasteiger partial charge in [0.2, 0.25) is 0 Å². The summed E-state index contributed by atoms with van der Waals surface area (Å²) in [7, 11) is 0. The van der Waals surface area contributed by atoms with Crippen molar-refractivity contribution in [3.63, 3.8) is 0 Å². The zero-order valence-corrected chi connectivity index (χ0v) is 9.26. The first-order chi connectivity index (χ1) is 8.45. The van der Waals surface area contributed by atoms with Crippen molar-refractivity contribution in [3.05, 3.63) is 29.6 Å². The van der Waals surface area contributed by atoms with Gasteiger partial charge in [0.1, 0.15) is 17.6 Å². The third-order valence-corrected chi connectivity index (χ3v) is 2.23. The lowest BCUT2D eigenvalue weighted by Gasteiger charge is -2.13. The van der Waals surface area contributed by atoms with Gasteiger partial charge in [0, 0.05) is 19.1 Å². The van der Waals surface area contributed by atoms with E-state index in [4.69, 9.17) is 10.2 Å². The number of phenolic OH excluding ortho intramolecular Hbond substituents is 1. The van der Waals surface area contributed by atoms with Gasteiger partial charge in [0.15, 0.2) is 0 Å². The molecule has 98 valence electrons. The summed E-state index contributed by atoms with van der Waals surface area (Å²) >= 11 is 0. The number of carbonyl (C=O) groups is 2. The van der Waals surface area contributed by atoms with Gasteiger partial charge in [-0.05, 0) is 12.1 Å². The fourth-order valence-electron chi connectivity index (χ4n) is 1.32. The van der Waals surface area contributed by atoms with Crippen LogP contribution in [0.15, 0.2) is 18.2 Å². The predicted octanol–water partition coefficient (Wildman–Crippen LogP) is 0.0967. The maximum Gasteiger partial charge on any atom is 0.326 e. The third kappa shape index (κ3) is 3.42. The maximum atomic E-state index is 12.7. The van der Waals surface area contributed by atoms with E-state index in [1.807, 2.05) is 0 Å². The molecule has 6 nitrogen and oxygen atoms in total. The first-order valence-electron chi connectivity index (χ1n) is 5.08. The molecule has 0 bridgehead atoms. The van der Waals surface area contributed by atoms with Crippen LogP contribution in [0.1, 0.15) is 16.8 Å². The Morgan fingerprint density at radius 3 is 2.56 bits per heavy atom. The molecule has 0 radical (unpaired) electrons. The maximum absolute atomic E-state index is 12.7. The molecular formula is C11H12FNO5. The van der Waals surface area contributed by atoms with Crippen LogP contribution in [-0.2, 0) is 4.79 Å². The summed E-state index contributed by atoms with van der Waals surface area (Å²) in [5.74, 6) is -3.46. The molecule has 0 fully saturated rings. The van der Waals surface area contributed by atoms with Gasteiger partial charge in [-0.2, -0.15) is 0 Å². The van der Waals surface area contributed by atoms with Crippen LogP contribution in [0.25, 0.3) is 0 Å². The number of halogens is 1. The van der Waals surface area contributed by atoms with E-state index in [1.54, 1.807) is 0 Å². The highest BCUT2D eigenvalue weighted by Crippen LogP contribution is 2.18. The fraction of sp³-hybridized carbons (Fsp3) is 0.273. The topological polar surface area (TPSA) is 107 Å². The molecule has 0 saturated carbocycles. The molecule has 1 amide bonds. The highest BCUT2D eigenvalue weighted by Gasteiger charge is 2.21. The summed E-state index contributed by atoms with van der Waals surface area (Å²) < 4.78 is 12.7. The predicted molar refractivity (Wildman–Crippen MR) is 58.7 cm³/mol. The summed E-state index contributed by atoms with van der Waals surface area (Å²) in [6.07, 6.45) is -0.164. The number of hydrogen-bond donors (Lipinski definition) is 4. The van der Waals surface area contributed by atoms with Gasteiger partial charge in [0.05, 0.1) is 5.56 Å². The van der Waals surface area contributed by atoms with Crippen molar-refractivity contribution in [1.82, 2.24) is 5.32 Å². The monoisotopic (exact) mass is 257 g/mol. The molecule has 0 aliphatic heterocycles. The quantitative estimate of drug-likeness (QED) is 0.598. The zero-order chi connectivity index (χ0) is 13.7. The Bertz CT molecular complexity index is 463. The zero-order valence-electron chi connectivity index (χ0n) is 9.26. The van der Waals surface area contributed by atoms with Gasteiger partial charge in [0.25, 0.3) is 5.91 Å². The molecule has 1 unspecified atom stereocenters. The molecule has 1 atom stereocenters. The van der Waals surface area contributed by atoms with Gasteiger partial charge >= 0.3 is 5.97 Å². The van der Waals surface area contributed by atoms with Crippen LogP contribution in [-0.4, -0.2) is 39.8 Å². The summed E-state index contributed by atoms with van der Waals surface area (Å²) in [4.78, 5) is 22.4. The van der Waals surface area contributed by atoms with Crippen LogP contribution < -0.4 is 5.32 Å². The molecule has 0 aromatic heterocycles.